The fourth-order valence-electron chi connectivity index (χ4n) is 0.468. The first-order valence-electron chi connectivity index (χ1n) is 3.32. The summed E-state index contributed by atoms with van der Waals surface area (Å²) in [6, 6.07) is 0. The second kappa shape index (κ2) is 5.42. The van der Waals surface area contributed by atoms with Crippen molar-refractivity contribution >= 4 is 0 Å². The normalized spacial score (nSPS) is 10.0. The van der Waals surface area contributed by atoms with E-state index in [1.54, 1.807) is 6.20 Å². The second-order valence-corrected chi connectivity index (χ2v) is 2.02. The number of hydrogen-bond acceptors (Lipinski definition) is 1. The van der Waals surface area contributed by atoms with Crippen LogP contribution in [-0.4, -0.2) is 11.9 Å². The van der Waals surface area contributed by atoms with E-state index in [0.717, 1.165) is 6.42 Å². The van der Waals surface area contributed by atoms with Crippen molar-refractivity contribution in [3.8, 4) is 0 Å². The quantitative estimate of drug-likeness (QED) is 0.557. The number of unbranched alkanes of at least 4 members (excludes halogenated alkanes) is 1. The van der Waals surface area contributed by atoms with Gasteiger partial charge in [-0.1, -0.05) is 26.0 Å². The summed E-state index contributed by atoms with van der Waals surface area (Å²) in [4.78, 5) is 1.94. The van der Waals surface area contributed by atoms with E-state index in [2.05, 4.69) is 19.6 Å². The molecular weight excluding hydrogens is 110 g/mol. The van der Waals surface area contributed by atoms with E-state index >= 15 is 0 Å². The molecule has 0 radical (unpaired) electrons. The molecule has 52 valence electrons. The van der Waals surface area contributed by atoms with Crippen molar-refractivity contribution in [1.29, 1.82) is 0 Å². The Labute approximate surface area is 57.7 Å². The maximum Gasteiger partial charge on any atom is 0.0106 e. The molecule has 0 saturated carbocycles. The second-order valence-electron chi connectivity index (χ2n) is 2.02. The largest absolute Gasteiger partial charge is 0.358 e. The highest BCUT2D eigenvalue weighted by Gasteiger charge is 1.76. The van der Waals surface area contributed by atoms with Crippen molar-refractivity contribution in [1.82, 2.24) is 4.90 Å². The summed E-state index contributed by atoms with van der Waals surface area (Å²) in [5.41, 5.74) is 0. The maximum absolute atomic E-state index is 3.61. The number of allylic oxidation sites excluding steroid dienone is 1. The van der Waals surface area contributed by atoms with Gasteiger partial charge in [-0.05, 0) is 18.8 Å². The fraction of sp³-hybridized carbons (Fsp3) is 0.500. The molecular formula is C8H15N. The van der Waals surface area contributed by atoms with E-state index in [1.165, 1.54) is 6.42 Å². The molecule has 0 aromatic rings. The first kappa shape index (κ1) is 8.28. The van der Waals surface area contributed by atoms with E-state index < -0.39 is 0 Å². The van der Waals surface area contributed by atoms with Gasteiger partial charge in [0.2, 0.25) is 0 Å². The molecule has 0 aromatic carbocycles. The van der Waals surface area contributed by atoms with Crippen LogP contribution >= 0.6 is 0 Å². The van der Waals surface area contributed by atoms with Gasteiger partial charge in [-0.15, -0.1) is 0 Å². The van der Waals surface area contributed by atoms with Gasteiger partial charge in [0, 0.05) is 7.05 Å². The molecule has 0 saturated heterocycles. The first-order chi connectivity index (χ1) is 4.31. The van der Waals surface area contributed by atoms with Crippen LogP contribution in [0.1, 0.15) is 19.8 Å². The van der Waals surface area contributed by atoms with Gasteiger partial charge in [-0.3, -0.25) is 0 Å². The third kappa shape index (κ3) is 5.15. The lowest BCUT2D eigenvalue weighted by molar-refractivity contribution is 0.624. The van der Waals surface area contributed by atoms with Crippen molar-refractivity contribution in [2.24, 2.45) is 0 Å². The van der Waals surface area contributed by atoms with Gasteiger partial charge in [0.15, 0.2) is 0 Å². The summed E-state index contributed by atoms with van der Waals surface area (Å²) >= 11 is 0. The Morgan fingerprint density at radius 3 is 2.67 bits per heavy atom. The molecule has 0 heterocycles. The van der Waals surface area contributed by atoms with Crippen molar-refractivity contribution in [3.05, 3.63) is 25.1 Å². The molecule has 0 aliphatic rings. The smallest absolute Gasteiger partial charge is 0.0106 e. The van der Waals surface area contributed by atoms with Gasteiger partial charge >= 0.3 is 0 Å². The third-order valence-electron chi connectivity index (χ3n) is 1.08. The van der Waals surface area contributed by atoms with Crippen molar-refractivity contribution < 1.29 is 0 Å². The van der Waals surface area contributed by atoms with Gasteiger partial charge in [0.1, 0.15) is 0 Å². The minimum atomic E-state index is 1.15. The van der Waals surface area contributed by atoms with Gasteiger partial charge in [0.25, 0.3) is 0 Å². The van der Waals surface area contributed by atoms with Crippen LogP contribution in [-0.2, 0) is 0 Å². The van der Waals surface area contributed by atoms with E-state index in [4.69, 9.17) is 0 Å². The van der Waals surface area contributed by atoms with Crippen LogP contribution in [0.25, 0.3) is 0 Å². The van der Waals surface area contributed by atoms with Crippen molar-refractivity contribution in [3.63, 3.8) is 0 Å². The highest BCUT2D eigenvalue weighted by molar-refractivity contribution is 4.84. The SMILES string of the molecule is C=CN(C)/C=C\CCC. The minimum Gasteiger partial charge on any atom is -0.358 e. The number of rotatable bonds is 4. The van der Waals surface area contributed by atoms with E-state index in [1.807, 2.05) is 18.1 Å². The zero-order valence-corrected chi connectivity index (χ0v) is 6.30. The summed E-state index contributed by atoms with van der Waals surface area (Å²) in [6.45, 7) is 5.78. The molecule has 1 heteroatoms. The van der Waals surface area contributed by atoms with Gasteiger partial charge in [-0.25, -0.2) is 0 Å². The van der Waals surface area contributed by atoms with Crippen LogP contribution in [0.3, 0.4) is 0 Å². The van der Waals surface area contributed by atoms with Gasteiger partial charge in [0.05, 0.1) is 0 Å². The molecule has 0 N–H and O–H groups in total. The average molecular weight is 125 g/mol. The molecule has 0 atom stereocenters. The molecule has 0 aromatic heterocycles. The summed E-state index contributed by atoms with van der Waals surface area (Å²) in [5, 5.41) is 0. The Kier molecular flexibility index (Phi) is 4.98. The maximum atomic E-state index is 3.61. The lowest BCUT2D eigenvalue weighted by atomic mass is 10.3. The molecule has 0 amide bonds. The van der Waals surface area contributed by atoms with Crippen LogP contribution in [0, 0.1) is 0 Å². The van der Waals surface area contributed by atoms with Crippen LogP contribution in [0.5, 0.6) is 0 Å². The average Bonchev–Trinajstić information content (AvgIpc) is 1.89. The van der Waals surface area contributed by atoms with E-state index in [9.17, 15) is 0 Å². The fourth-order valence-corrected chi connectivity index (χ4v) is 0.468. The highest BCUT2D eigenvalue weighted by Crippen LogP contribution is 1.90. The summed E-state index contributed by atoms with van der Waals surface area (Å²) in [5.74, 6) is 0. The number of nitrogens with zero attached hydrogens (tertiary/aromatic N) is 1. The molecule has 0 bridgehead atoms. The topological polar surface area (TPSA) is 3.24 Å². The molecule has 0 rings (SSSR count). The minimum absolute atomic E-state index is 1.15. The Morgan fingerprint density at radius 1 is 1.56 bits per heavy atom. The zero-order chi connectivity index (χ0) is 7.11. The number of hydrogen-bond donors (Lipinski definition) is 0. The Hall–Kier alpha value is -0.720. The van der Waals surface area contributed by atoms with Crippen LogP contribution in [0.2, 0.25) is 0 Å². The van der Waals surface area contributed by atoms with Crippen LogP contribution in [0.15, 0.2) is 25.1 Å². The molecule has 1 nitrogen and oxygen atoms in total. The van der Waals surface area contributed by atoms with Crippen molar-refractivity contribution in [2.75, 3.05) is 7.05 Å². The Morgan fingerprint density at radius 2 is 2.22 bits per heavy atom. The molecule has 9 heavy (non-hydrogen) atoms. The summed E-state index contributed by atoms with van der Waals surface area (Å²) in [6.07, 6.45) is 8.31. The third-order valence-corrected chi connectivity index (χ3v) is 1.08. The lowest BCUT2D eigenvalue weighted by Gasteiger charge is -2.03. The molecule has 0 aliphatic carbocycles. The van der Waals surface area contributed by atoms with E-state index in [-0.39, 0.29) is 0 Å². The Balaban J connectivity index is 3.31. The Bertz CT molecular complexity index is 94.7. The van der Waals surface area contributed by atoms with E-state index in [0.29, 0.717) is 0 Å². The predicted octanol–water partition coefficient (Wildman–Crippen LogP) is 2.38. The van der Waals surface area contributed by atoms with Crippen LogP contribution < -0.4 is 0 Å². The predicted molar refractivity (Wildman–Crippen MR) is 42.0 cm³/mol. The highest BCUT2D eigenvalue weighted by atomic mass is 15.0. The monoisotopic (exact) mass is 125 g/mol. The first-order valence-corrected chi connectivity index (χ1v) is 3.32. The summed E-state index contributed by atoms with van der Waals surface area (Å²) < 4.78 is 0. The van der Waals surface area contributed by atoms with Gasteiger partial charge in [-0.2, -0.15) is 0 Å². The molecule has 0 spiro atoms. The summed E-state index contributed by atoms with van der Waals surface area (Å²) in [7, 11) is 1.97. The van der Waals surface area contributed by atoms with Gasteiger partial charge < -0.3 is 4.90 Å². The lowest BCUT2D eigenvalue weighted by Crippen LogP contribution is -1.97. The molecule has 0 unspecified atom stereocenters. The molecule has 0 aliphatic heterocycles. The standard InChI is InChI=1S/C8H15N/c1-4-6-7-8-9(3)5-2/h5,7-8H,2,4,6H2,1,3H3/b8-7-. The molecule has 0 fully saturated rings. The van der Waals surface area contributed by atoms with Crippen LogP contribution in [0.4, 0.5) is 0 Å². The zero-order valence-electron chi connectivity index (χ0n) is 6.30. The van der Waals surface area contributed by atoms with Crippen molar-refractivity contribution in [2.45, 2.75) is 19.8 Å².